The summed E-state index contributed by atoms with van der Waals surface area (Å²) in [6, 6.07) is 0. The topological polar surface area (TPSA) is 40.5 Å². The van der Waals surface area contributed by atoms with Gasteiger partial charge in [-0.3, -0.25) is 0 Å². The molecule has 0 spiro atoms. The summed E-state index contributed by atoms with van der Waals surface area (Å²) >= 11 is 0. The Bertz CT molecular complexity index is 710. The van der Waals surface area contributed by atoms with Crippen LogP contribution in [-0.4, -0.2) is 22.4 Å². The predicted octanol–water partition coefficient (Wildman–Crippen LogP) is 6.92. The second kappa shape index (κ2) is 8.64. The lowest BCUT2D eigenvalue weighted by Crippen LogP contribution is -2.54. The highest BCUT2D eigenvalue weighted by atomic mass is 16.3. The summed E-state index contributed by atoms with van der Waals surface area (Å²) in [5.41, 5.74) is 3.29. The molecule has 0 aliphatic heterocycles. The van der Waals surface area contributed by atoms with Gasteiger partial charge in [0.1, 0.15) is 0 Å². The third-order valence-corrected chi connectivity index (χ3v) is 11.0. The van der Waals surface area contributed by atoms with Crippen LogP contribution in [0.4, 0.5) is 0 Å². The van der Waals surface area contributed by atoms with Gasteiger partial charge in [0.05, 0.1) is 12.2 Å². The van der Waals surface area contributed by atoms with Gasteiger partial charge in [0.15, 0.2) is 0 Å². The number of hydrogen-bond acceptors (Lipinski definition) is 2. The normalized spacial score (nSPS) is 46.4. The lowest BCUT2D eigenvalue weighted by molar-refractivity contribution is -0.0971. The zero-order chi connectivity index (χ0) is 22.6. The fourth-order valence-corrected chi connectivity index (χ4v) is 9.07. The average Bonchev–Trinajstić information content (AvgIpc) is 3.06. The second-order valence-corrected chi connectivity index (χ2v) is 12.5. The number of rotatable bonds is 6. The molecule has 0 saturated heterocycles. The van der Waals surface area contributed by atoms with E-state index in [1.165, 1.54) is 56.1 Å². The molecule has 2 N–H and O–H groups in total. The fraction of sp³-hybridized carbons (Fsp3) is 0.862. The first-order valence-electron chi connectivity index (χ1n) is 13.3. The highest BCUT2D eigenvalue weighted by Gasteiger charge is 2.61. The molecule has 2 nitrogen and oxygen atoms in total. The van der Waals surface area contributed by atoms with Gasteiger partial charge in [0.25, 0.3) is 0 Å². The van der Waals surface area contributed by atoms with E-state index in [4.69, 9.17) is 0 Å². The molecule has 4 rings (SSSR count). The number of aliphatic hydroxyl groups excluding tert-OH is 2. The highest BCUT2D eigenvalue weighted by Crippen LogP contribution is 2.67. The van der Waals surface area contributed by atoms with Crippen molar-refractivity contribution in [2.24, 2.45) is 46.3 Å². The van der Waals surface area contributed by atoms with Crippen LogP contribution in [0.25, 0.3) is 0 Å². The third-order valence-electron chi connectivity index (χ3n) is 11.0. The largest absolute Gasteiger partial charge is 0.393 e. The maximum Gasteiger partial charge on any atom is 0.0757 e. The first kappa shape index (κ1) is 23.6. The summed E-state index contributed by atoms with van der Waals surface area (Å²) in [6.45, 7) is 16.3. The van der Waals surface area contributed by atoms with Crippen LogP contribution in [0.1, 0.15) is 98.8 Å². The smallest absolute Gasteiger partial charge is 0.0757 e. The summed E-state index contributed by atoms with van der Waals surface area (Å²) in [5.74, 6) is 3.88. The summed E-state index contributed by atoms with van der Waals surface area (Å²) in [6.07, 6.45) is 13.5. The Morgan fingerprint density at radius 3 is 2.52 bits per heavy atom. The average molecular weight is 429 g/mol. The zero-order valence-corrected chi connectivity index (χ0v) is 20.9. The predicted molar refractivity (Wildman–Crippen MR) is 130 cm³/mol. The van der Waals surface area contributed by atoms with Gasteiger partial charge in [-0.1, -0.05) is 51.5 Å². The van der Waals surface area contributed by atoms with Crippen LogP contribution in [0.3, 0.4) is 0 Å². The molecule has 0 aromatic carbocycles. The third kappa shape index (κ3) is 3.88. The van der Waals surface area contributed by atoms with Gasteiger partial charge in [0.2, 0.25) is 0 Å². The molecule has 3 saturated carbocycles. The van der Waals surface area contributed by atoms with E-state index in [2.05, 4.69) is 47.3 Å². The Balaban J connectivity index is 1.52. The van der Waals surface area contributed by atoms with E-state index >= 15 is 0 Å². The Labute approximate surface area is 191 Å². The van der Waals surface area contributed by atoms with Crippen molar-refractivity contribution in [2.75, 3.05) is 0 Å². The maximum atomic E-state index is 11.3. The van der Waals surface area contributed by atoms with E-state index in [-0.39, 0.29) is 17.6 Å². The van der Waals surface area contributed by atoms with Crippen LogP contribution in [0.2, 0.25) is 0 Å². The molecule has 4 aliphatic carbocycles. The molecule has 2 heteroatoms. The van der Waals surface area contributed by atoms with Crippen LogP contribution < -0.4 is 0 Å². The van der Waals surface area contributed by atoms with Crippen molar-refractivity contribution in [3.8, 4) is 0 Å². The highest BCUT2D eigenvalue weighted by molar-refractivity contribution is 5.27. The van der Waals surface area contributed by atoms with E-state index in [1.807, 2.05) is 0 Å². The minimum Gasteiger partial charge on any atom is -0.393 e. The van der Waals surface area contributed by atoms with E-state index in [1.54, 1.807) is 0 Å². The first-order chi connectivity index (χ1) is 14.6. The molecular weight excluding hydrogens is 380 g/mol. The molecule has 0 bridgehead atoms. The van der Waals surface area contributed by atoms with Crippen molar-refractivity contribution >= 4 is 0 Å². The Kier molecular flexibility index (Phi) is 6.56. The van der Waals surface area contributed by atoms with Crippen LogP contribution in [0.15, 0.2) is 23.8 Å². The van der Waals surface area contributed by atoms with Gasteiger partial charge >= 0.3 is 0 Å². The molecule has 176 valence electrons. The lowest BCUT2D eigenvalue weighted by atomic mass is 9.46. The lowest BCUT2D eigenvalue weighted by Gasteiger charge is -2.59. The Morgan fingerprint density at radius 2 is 1.84 bits per heavy atom. The summed E-state index contributed by atoms with van der Waals surface area (Å²) < 4.78 is 0. The molecular formula is C29H48O2. The molecule has 4 aliphatic rings. The van der Waals surface area contributed by atoms with Crippen LogP contribution in [0, 0.1) is 46.3 Å². The van der Waals surface area contributed by atoms with Crippen molar-refractivity contribution in [1.82, 2.24) is 0 Å². The fourth-order valence-electron chi connectivity index (χ4n) is 9.07. The van der Waals surface area contributed by atoms with Gasteiger partial charge in [-0.05, 0) is 117 Å². The van der Waals surface area contributed by atoms with Gasteiger partial charge in [-0.25, -0.2) is 0 Å². The zero-order valence-electron chi connectivity index (χ0n) is 20.9. The molecule has 0 aromatic heterocycles. The Hall–Kier alpha value is -0.600. The van der Waals surface area contributed by atoms with Crippen LogP contribution in [-0.2, 0) is 0 Å². The van der Waals surface area contributed by atoms with Crippen molar-refractivity contribution < 1.29 is 10.2 Å². The summed E-state index contributed by atoms with van der Waals surface area (Å²) in [5, 5.41) is 21.6. The summed E-state index contributed by atoms with van der Waals surface area (Å²) in [7, 11) is 0. The van der Waals surface area contributed by atoms with Gasteiger partial charge in [-0.15, -0.1) is 0 Å². The molecule has 0 amide bonds. The van der Waals surface area contributed by atoms with Crippen molar-refractivity contribution in [3.05, 3.63) is 23.8 Å². The SMILES string of the molecule is C=C(C)C(CC)CCC(C)C1CCC2C3C(CC[C@]12C)[C@@]1(C)CC[C@H](O)CC1=C[C@H]3O. The number of hydrogen-bond donors (Lipinski definition) is 2. The van der Waals surface area contributed by atoms with E-state index in [0.717, 1.165) is 31.1 Å². The van der Waals surface area contributed by atoms with Crippen LogP contribution >= 0.6 is 0 Å². The van der Waals surface area contributed by atoms with Crippen LogP contribution in [0.5, 0.6) is 0 Å². The first-order valence-corrected chi connectivity index (χ1v) is 13.3. The molecule has 31 heavy (non-hydrogen) atoms. The minimum absolute atomic E-state index is 0.198. The molecule has 6 unspecified atom stereocenters. The van der Waals surface area contributed by atoms with Crippen molar-refractivity contribution in [1.29, 1.82) is 0 Å². The summed E-state index contributed by atoms with van der Waals surface area (Å²) in [4.78, 5) is 0. The number of allylic oxidation sites excluding steroid dienone is 1. The molecule has 3 fully saturated rings. The second-order valence-electron chi connectivity index (χ2n) is 12.5. The quantitative estimate of drug-likeness (QED) is 0.451. The number of fused-ring (bicyclic) bond motifs is 5. The minimum atomic E-state index is -0.315. The van der Waals surface area contributed by atoms with Gasteiger partial charge in [-0.2, -0.15) is 0 Å². The molecule has 0 heterocycles. The van der Waals surface area contributed by atoms with Gasteiger partial charge in [0, 0.05) is 0 Å². The molecule has 10 atom stereocenters. The van der Waals surface area contributed by atoms with Crippen molar-refractivity contribution in [2.45, 2.75) is 111 Å². The molecule has 0 aromatic rings. The maximum absolute atomic E-state index is 11.3. The molecule has 0 radical (unpaired) electrons. The van der Waals surface area contributed by atoms with Gasteiger partial charge < -0.3 is 10.2 Å². The van der Waals surface area contributed by atoms with E-state index < -0.39 is 0 Å². The van der Waals surface area contributed by atoms with E-state index in [9.17, 15) is 10.2 Å². The standard InChI is InChI=1S/C29H48O2/c1-7-20(18(2)3)9-8-19(4)23-10-11-24-27-25(13-15-29(23,24)6)28(5)14-12-22(30)16-21(28)17-26(27)31/h17,19-20,22-27,30-31H,2,7-16H2,1,3-6H3/t19?,20?,22-,23?,24?,25?,26+,27?,28-,29+/m0/s1. The monoisotopic (exact) mass is 428 g/mol. The Morgan fingerprint density at radius 1 is 1.10 bits per heavy atom. The van der Waals surface area contributed by atoms with E-state index in [0.29, 0.717) is 29.1 Å². The number of aliphatic hydroxyl groups is 2. The van der Waals surface area contributed by atoms with Crippen molar-refractivity contribution in [3.63, 3.8) is 0 Å².